The van der Waals surface area contributed by atoms with Crippen LogP contribution in [0.15, 0.2) is 67.3 Å². The summed E-state index contributed by atoms with van der Waals surface area (Å²) in [5, 5.41) is 3.01. The Bertz CT molecular complexity index is 1250. The molecule has 3 aromatic rings. The predicted molar refractivity (Wildman–Crippen MR) is 136 cm³/mol. The zero-order valence-electron chi connectivity index (χ0n) is 19.6. The zero-order chi connectivity index (χ0) is 25.1. The van der Waals surface area contributed by atoms with Crippen molar-refractivity contribution in [3.05, 3.63) is 84.1 Å². The number of nitrogens with zero attached hydrogens (tertiary/aromatic N) is 4. The van der Waals surface area contributed by atoms with Crippen LogP contribution in [0.5, 0.6) is 11.6 Å². The molecule has 36 heavy (non-hydrogen) atoms. The lowest BCUT2D eigenvalue weighted by Gasteiger charge is -2.25. The van der Waals surface area contributed by atoms with Crippen LogP contribution in [-0.2, 0) is 19.1 Å². The Kier molecular flexibility index (Phi) is 7.06. The highest BCUT2D eigenvalue weighted by molar-refractivity contribution is 7.99. The molecule has 0 spiro atoms. The van der Waals surface area contributed by atoms with Crippen LogP contribution in [0.3, 0.4) is 0 Å². The number of benzene rings is 2. The molecular weight excluding hydrogens is 487 g/mol. The standard InChI is InChI=1S/C26H26F3N5OS/c1-18(32-21-4-2-3-20(14-21)26(27,28)29)34-8-7-19-13-23(5-6-24(19)34)35-25-15-22(30-17-31-25)16-33-9-11-36-12-10-33/h2-6,13-15,17,32H,1,7-12,16H2. The second-order valence-electron chi connectivity index (χ2n) is 8.68. The molecule has 1 saturated heterocycles. The van der Waals surface area contributed by atoms with Crippen molar-refractivity contribution in [1.82, 2.24) is 14.9 Å². The predicted octanol–water partition coefficient (Wildman–Crippen LogP) is 5.78. The Morgan fingerprint density at radius 3 is 2.69 bits per heavy atom. The molecule has 2 aliphatic rings. The molecule has 6 nitrogen and oxygen atoms in total. The van der Waals surface area contributed by atoms with Crippen LogP contribution in [0, 0.1) is 0 Å². The molecule has 10 heteroatoms. The highest BCUT2D eigenvalue weighted by Crippen LogP contribution is 2.36. The van der Waals surface area contributed by atoms with Gasteiger partial charge in [0.2, 0.25) is 5.88 Å². The number of halogens is 3. The van der Waals surface area contributed by atoms with Gasteiger partial charge in [-0.15, -0.1) is 0 Å². The quantitative estimate of drug-likeness (QED) is 0.430. The van der Waals surface area contributed by atoms with Gasteiger partial charge >= 0.3 is 6.18 Å². The molecule has 1 N–H and O–H groups in total. The van der Waals surface area contributed by atoms with Gasteiger partial charge in [0.1, 0.15) is 17.9 Å². The fourth-order valence-corrected chi connectivity index (χ4v) is 5.34. The lowest BCUT2D eigenvalue weighted by atomic mass is 10.1. The van der Waals surface area contributed by atoms with Crippen LogP contribution in [0.2, 0.25) is 0 Å². The van der Waals surface area contributed by atoms with Crippen LogP contribution >= 0.6 is 11.8 Å². The van der Waals surface area contributed by atoms with Crippen LogP contribution in [0.1, 0.15) is 16.8 Å². The number of hydrogen-bond donors (Lipinski definition) is 1. The first-order valence-electron chi connectivity index (χ1n) is 11.7. The summed E-state index contributed by atoms with van der Waals surface area (Å²) in [5.74, 6) is 3.96. The molecular formula is C26H26F3N5OS. The first-order valence-corrected chi connectivity index (χ1v) is 12.8. The highest BCUT2D eigenvalue weighted by atomic mass is 32.2. The number of anilines is 2. The van der Waals surface area contributed by atoms with Crippen molar-refractivity contribution in [2.24, 2.45) is 0 Å². The maximum atomic E-state index is 13.0. The van der Waals surface area contributed by atoms with Crippen molar-refractivity contribution in [2.75, 3.05) is 41.4 Å². The summed E-state index contributed by atoms with van der Waals surface area (Å²) in [6.07, 6.45) is -2.10. The number of aromatic nitrogens is 2. The minimum atomic E-state index is -4.40. The van der Waals surface area contributed by atoms with Gasteiger partial charge in [0.25, 0.3) is 0 Å². The van der Waals surface area contributed by atoms with Gasteiger partial charge in [-0.05, 0) is 48.4 Å². The molecule has 0 atom stereocenters. The van der Waals surface area contributed by atoms with Gasteiger partial charge < -0.3 is 15.0 Å². The maximum Gasteiger partial charge on any atom is 0.416 e. The lowest BCUT2D eigenvalue weighted by molar-refractivity contribution is -0.137. The number of nitrogens with one attached hydrogen (secondary N) is 1. The van der Waals surface area contributed by atoms with E-state index in [0.29, 0.717) is 29.7 Å². The molecule has 0 saturated carbocycles. The van der Waals surface area contributed by atoms with Crippen molar-refractivity contribution in [2.45, 2.75) is 19.1 Å². The van der Waals surface area contributed by atoms with E-state index in [2.05, 4.69) is 26.8 Å². The summed E-state index contributed by atoms with van der Waals surface area (Å²) in [4.78, 5) is 13.0. The normalized spacial score (nSPS) is 16.0. The third kappa shape index (κ3) is 5.76. The average molecular weight is 514 g/mol. The van der Waals surface area contributed by atoms with Crippen LogP contribution < -0.4 is 15.0 Å². The Labute approximate surface area is 212 Å². The molecule has 5 rings (SSSR count). The summed E-state index contributed by atoms with van der Waals surface area (Å²) in [6, 6.07) is 12.7. The van der Waals surface area contributed by atoms with E-state index < -0.39 is 11.7 Å². The SMILES string of the molecule is C=C(Nc1cccc(C(F)(F)F)c1)N1CCc2cc(Oc3cc(CN4CCSCC4)ncn3)ccc21. The third-order valence-corrected chi connectivity index (χ3v) is 7.10. The second kappa shape index (κ2) is 10.4. The number of hydrogen-bond acceptors (Lipinski definition) is 7. The van der Waals surface area contributed by atoms with E-state index >= 15 is 0 Å². The molecule has 1 aromatic heterocycles. The van der Waals surface area contributed by atoms with E-state index in [4.69, 9.17) is 4.74 Å². The van der Waals surface area contributed by atoms with Gasteiger partial charge in [-0.1, -0.05) is 12.6 Å². The van der Waals surface area contributed by atoms with Crippen molar-refractivity contribution >= 4 is 23.1 Å². The van der Waals surface area contributed by atoms with Gasteiger partial charge in [0.15, 0.2) is 0 Å². The van der Waals surface area contributed by atoms with E-state index in [9.17, 15) is 13.2 Å². The molecule has 0 amide bonds. The second-order valence-corrected chi connectivity index (χ2v) is 9.91. The number of alkyl halides is 3. The monoisotopic (exact) mass is 513 g/mol. The van der Waals surface area contributed by atoms with E-state index in [0.717, 1.165) is 66.6 Å². The molecule has 1 fully saturated rings. The minimum Gasteiger partial charge on any atom is -0.439 e. The Balaban J connectivity index is 1.24. The van der Waals surface area contributed by atoms with Crippen LogP contribution in [-0.4, -0.2) is 46.0 Å². The van der Waals surface area contributed by atoms with Crippen molar-refractivity contribution < 1.29 is 17.9 Å². The van der Waals surface area contributed by atoms with Gasteiger partial charge in [0, 0.05) is 55.1 Å². The van der Waals surface area contributed by atoms with Gasteiger partial charge in [-0.3, -0.25) is 4.90 Å². The number of fused-ring (bicyclic) bond motifs is 1. The van der Waals surface area contributed by atoms with Gasteiger partial charge in [0.05, 0.1) is 11.3 Å². The van der Waals surface area contributed by atoms with E-state index in [-0.39, 0.29) is 0 Å². The first-order chi connectivity index (χ1) is 17.3. The molecule has 2 aromatic carbocycles. The molecule has 3 heterocycles. The Hall–Kier alpha value is -3.24. The average Bonchev–Trinajstić information content (AvgIpc) is 3.28. The zero-order valence-corrected chi connectivity index (χ0v) is 20.4. The lowest BCUT2D eigenvalue weighted by Crippen LogP contribution is -2.32. The maximum absolute atomic E-state index is 13.0. The van der Waals surface area contributed by atoms with E-state index in [1.165, 1.54) is 12.4 Å². The Morgan fingerprint density at radius 1 is 1.06 bits per heavy atom. The topological polar surface area (TPSA) is 53.5 Å². The van der Waals surface area contributed by atoms with Gasteiger partial charge in [-0.2, -0.15) is 24.9 Å². The number of rotatable bonds is 7. The van der Waals surface area contributed by atoms with Crippen molar-refractivity contribution in [1.29, 1.82) is 0 Å². The molecule has 0 bridgehead atoms. The third-order valence-electron chi connectivity index (χ3n) is 6.16. The number of ether oxygens (including phenoxy) is 1. The Morgan fingerprint density at radius 2 is 1.89 bits per heavy atom. The summed E-state index contributed by atoms with van der Waals surface area (Å²) in [6.45, 7) is 7.60. The van der Waals surface area contributed by atoms with Crippen LogP contribution in [0.25, 0.3) is 0 Å². The first kappa shape index (κ1) is 24.5. The molecule has 188 valence electrons. The molecule has 0 aliphatic carbocycles. The summed E-state index contributed by atoms with van der Waals surface area (Å²) in [7, 11) is 0. The van der Waals surface area contributed by atoms with Crippen molar-refractivity contribution in [3.8, 4) is 11.6 Å². The van der Waals surface area contributed by atoms with Gasteiger partial charge in [-0.25, -0.2) is 9.97 Å². The highest BCUT2D eigenvalue weighted by Gasteiger charge is 2.30. The van der Waals surface area contributed by atoms with E-state index in [1.54, 1.807) is 6.07 Å². The largest absolute Gasteiger partial charge is 0.439 e. The summed E-state index contributed by atoms with van der Waals surface area (Å²) >= 11 is 1.97. The molecule has 0 unspecified atom stereocenters. The number of thioether (sulfide) groups is 1. The fourth-order valence-electron chi connectivity index (χ4n) is 4.36. The summed E-state index contributed by atoms with van der Waals surface area (Å²) < 4.78 is 45.2. The molecule has 2 aliphatic heterocycles. The van der Waals surface area contributed by atoms with E-state index in [1.807, 2.05) is 40.9 Å². The van der Waals surface area contributed by atoms with Crippen LogP contribution in [0.4, 0.5) is 24.5 Å². The van der Waals surface area contributed by atoms with Crippen molar-refractivity contribution in [3.63, 3.8) is 0 Å². The molecule has 0 radical (unpaired) electrons. The summed E-state index contributed by atoms with van der Waals surface area (Å²) in [5.41, 5.74) is 2.58. The fraction of sp³-hybridized carbons (Fsp3) is 0.308. The smallest absolute Gasteiger partial charge is 0.416 e. The minimum absolute atomic E-state index is 0.339.